The fourth-order valence-electron chi connectivity index (χ4n) is 3.17. The minimum absolute atomic E-state index is 0.0984. The van der Waals surface area contributed by atoms with E-state index in [-0.39, 0.29) is 24.1 Å². The number of hydrogen-bond acceptors (Lipinski definition) is 6. The molecule has 20 heavy (non-hydrogen) atoms. The molecule has 2 saturated heterocycles. The zero-order valence-corrected chi connectivity index (χ0v) is 12.9. The van der Waals surface area contributed by atoms with Crippen LogP contribution in [0, 0.1) is 0 Å². The average Bonchev–Trinajstić information content (AvgIpc) is 2.66. The molecule has 0 aromatic heterocycles. The lowest BCUT2D eigenvalue weighted by Crippen LogP contribution is -2.62. The van der Waals surface area contributed by atoms with Crippen molar-refractivity contribution < 1.29 is 17.9 Å². The maximum absolute atomic E-state index is 12.5. The van der Waals surface area contributed by atoms with E-state index in [1.165, 1.54) is 0 Å². The molecule has 2 rings (SSSR count). The van der Waals surface area contributed by atoms with Crippen LogP contribution in [0.2, 0.25) is 0 Å². The molecule has 2 aliphatic rings. The lowest BCUT2D eigenvalue weighted by atomic mass is 9.92. The Bertz CT molecular complexity index is 443. The number of nitrogens with one attached hydrogen (secondary N) is 1. The molecule has 0 saturated carbocycles. The molecule has 2 aliphatic heterocycles. The average molecular weight is 304 g/mol. The standard InChI is InChI=1S/C13H24N2O4S/c1-2-19-12(16)13(5-3-10-20(17,18)11-13)15-8-4-6-14-7-9-15/h14H,2-11H2,1H3. The first kappa shape index (κ1) is 15.7. The van der Waals surface area contributed by atoms with Gasteiger partial charge < -0.3 is 10.1 Å². The molecule has 0 aromatic rings. The highest BCUT2D eigenvalue weighted by molar-refractivity contribution is 7.91. The van der Waals surface area contributed by atoms with E-state index in [0.717, 1.165) is 26.1 Å². The Kier molecular flexibility index (Phi) is 5.04. The van der Waals surface area contributed by atoms with Crippen LogP contribution in [0.4, 0.5) is 0 Å². The van der Waals surface area contributed by atoms with Crippen LogP contribution in [0.5, 0.6) is 0 Å². The summed E-state index contributed by atoms with van der Waals surface area (Å²) in [6, 6.07) is 0. The third-order valence-corrected chi connectivity index (χ3v) is 5.93. The van der Waals surface area contributed by atoms with Gasteiger partial charge in [-0.05, 0) is 32.7 Å². The zero-order valence-electron chi connectivity index (χ0n) is 12.1. The number of rotatable bonds is 3. The Labute approximate surface area is 120 Å². The van der Waals surface area contributed by atoms with Gasteiger partial charge in [0.05, 0.1) is 18.1 Å². The molecule has 0 bridgehead atoms. The summed E-state index contributed by atoms with van der Waals surface area (Å²) in [6.07, 6.45) is 2.03. The third-order valence-electron chi connectivity index (χ3n) is 4.11. The summed E-state index contributed by atoms with van der Waals surface area (Å²) in [5.41, 5.74) is -0.973. The highest BCUT2D eigenvalue weighted by Crippen LogP contribution is 2.31. The molecule has 0 amide bonds. The van der Waals surface area contributed by atoms with Crippen molar-refractivity contribution in [3.05, 3.63) is 0 Å². The van der Waals surface area contributed by atoms with E-state index in [4.69, 9.17) is 4.74 Å². The molecule has 0 aliphatic carbocycles. The van der Waals surface area contributed by atoms with Gasteiger partial charge in [0.2, 0.25) is 0 Å². The van der Waals surface area contributed by atoms with Crippen LogP contribution in [0.3, 0.4) is 0 Å². The summed E-state index contributed by atoms with van der Waals surface area (Å²) in [6.45, 7) is 5.15. The van der Waals surface area contributed by atoms with Crippen LogP contribution in [0.15, 0.2) is 0 Å². The number of sulfone groups is 1. The van der Waals surface area contributed by atoms with Gasteiger partial charge in [-0.2, -0.15) is 0 Å². The largest absolute Gasteiger partial charge is 0.465 e. The maximum Gasteiger partial charge on any atom is 0.327 e. The Balaban J connectivity index is 2.29. The van der Waals surface area contributed by atoms with Crippen LogP contribution < -0.4 is 5.32 Å². The zero-order chi connectivity index (χ0) is 14.6. The number of ether oxygens (including phenoxy) is 1. The van der Waals surface area contributed by atoms with Crippen LogP contribution in [0.1, 0.15) is 26.2 Å². The van der Waals surface area contributed by atoms with E-state index in [9.17, 15) is 13.2 Å². The Morgan fingerprint density at radius 1 is 1.30 bits per heavy atom. The first-order valence-corrected chi connectivity index (χ1v) is 9.16. The first-order chi connectivity index (χ1) is 9.50. The summed E-state index contributed by atoms with van der Waals surface area (Å²) in [7, 11) is -3.18. The molecule has 1 N–H and O–H groups in total. The molecule has 2 heterocycles. The second kappa shape index (κ2) is 6.41. The predicted molar refractivity (Wildman–Crippen MR) is 76.3 cm³/mol. The van der Waals surface area contributed by atoms with Gasteiger partial charge in [-0.3, -0.25) is 9.69 Å². The van der Waals surface area contributed by atoms with Crippen molar-refractivity contribution in [3.8, 4) is 0 Å². The number of hydrogen-bond donors (Lipinski definition) is 1. The summed E-state index contributed by atoms with van der Waals surface area (Å²) in [5.74, 6) is -0.288. The number of esters is 1. The van der Waals surface area contributed by atoms with Crippen molar-refractivity contribution in [2.24, 2.45) is 0 Å². The van der Waals surface area contributed by atoms with Gasteiger partial charge in [0.15, 0.2) is 9.84 Å². The Morgan fingerprint density at radius 3 is 2.80 bits per heavy atom. The first-order valence-electron chi connectivity index (χ1n) is 7.33. The molecule has 1 atom stereocenters. The van der Waals surface area contributed by atoms with Crippen molar-refractivity contribution in [1.29, 1.82) is 0 Å². The van der Waals surface area contributed by atoms with Gasteiger partial charge in [-0.15, -0.1) is 0 Å². The molecule has 116 valence electrons. The second-order valence-electron chi connectivity index (χ2n) is 5.54. The molecule has 0 spiro atoms. The molecule has 0 aromatic carbocycles. The smallest absolute Gasteiger partial charge is 0.327 e. The van der Waals surface area contributed by atoms with Crippen LogP contribution in [-0.4, -0.2) is 69.1 Å². The van der Waals surface area contributed by atoms with Gasteiger partial charge in [0, 0.05) is 19.6 Å². The lowest BCUT2D eigenvalue weighted by Gasteiger charge is -2.43. The number of carbonyl (C=O) groups excluding carboxylic acids is 1. The maximum atomic E-state index is 12.5. The molecule has 0 radical (unpaired) electrons. The minimum atomic E-state index is -3.18. The highest BCUT2D eigenvalue weighted by Gasteiger charge is 2.50. The predicted octanol–water partition coefficient (Wildman–Crippen LogP) is -0.208. The van der Waals surface area contributed by atoms with Gasteiger partial charge in [0.1, 0.15) is 5.54 Å². The van der Waals surface area contributed by atoms with E-state index >= 15 is 0 Å². The topological polar surface area (TPSA) is 75.7 Å². The van der Waals surface area contributed by atoms with Gasteiger partial charge in [0.25, 0.3) is 0 Å². The van der Waals surface area contributed by atoms with Crippen molar-refractivity contribution in [2.45, 2.75) is 31.7 Å². The monoisotopic (exact) mass is 304 g/mol. The van der Waals surface area contributed by atoms with Crippen LogP contribution >= 0.6 is 0 Å². The van der Waals surface area contributed by atoms with Gasteiger partial charge in [-0.1, -0.05) is 0 Å². The molecular formula is C13H24N2O4S. The van der Waals surface area contributed by atoms with Crippen LogP contribution in [-0.2, 0) is 19.4 Å². The molecular weight excluding hydrogens is 280 g/mol. The van der Waals surface area contributed by atoms with E-state index in [1.807, 2.05) is 4.90 Å². The van der Waals surface area contributed by atoms with Crippen molar-refractivity contribution in [3.63, 3.8) is 0 Å². The fraction of sp³-hybridized carbons (Fsp3) is 0.923. The van der Waals surface area contributed by atoms with Crippen LogP contribution in [0.25, 0.3) is 0 Å². The third kappa shape index (κ3) is 3.32. The molecule has 2 fully saturated rings. The number of carbonyl (C=O) groups is 1. The Morgan fingerprint density at radius 2 is 2.10 bits per heavy atom. The van der Waals surface area contributed by atoms with E-state index in [2.05, 4.69) is 5.32 Å². The molecule has 7 heteroatoms. The highest BCUT2D eigenvalue weighted by atomic mass is 32.2. The quantitative estimate of drug-likeness (QED) is 0.727. The Hall–Kier alpha value is -0.660. The van der Waals surface area contributed by atoms with Gasteiger partial charge in [-0.25, -0.2) is 8.42 Å². The normalized spacial score (nSPS) is 31.4. The number of nitrogens with zero attached hydrogens (tertiary/aromatic N) is 1. The lowest BCUT2D eigenvalue weighted by molar-refractivity contribution is -0.157. The van der Waals surface area contributed by atoms with E-state index in [0.29, 0.717) is 19.4 Å². The summed E-state index contributed by atoms with van der Waals surface area (Å²) in [4.78, 5) is 14.5. The second-order valence-corrected chi connectivity index (χ2v) is 7.72. The van der Waals surface area contributed by atoms with Gasteiger partial charge >= 0.3 is 5.97 Å². The van der Waals surface area contributed by atoms with Crippen molar-refractivity contribution in [2.75, 3.05) is 44.3 Å². The molecule has 1 unspecified atom stereocenters. The minimum Gasteiger partial charge on any atom is -0.465 e. The van der Waals surface area contributed by atoms with Crippen molar-refractivity contribution >= 4 is 15.8 Å². The summed E-state index contributed by atoms with van der Waals surface area (Å²) < 4.78 is 29.3. The summed E-state index contributed by atoms with van der Waals surface area (Å²) in [5, 5.41) is 3.28. The SMILES string of the molecule is CCOC(=O)C1(N2CCCNCC2)CCCS(=O)(=O)C1. The summed E-state index contributed by atoms with van der Waals surface area (Å²) >= 11 is 0. The van der Waals surface area contributed by atoms with E-state index < -0.39 is 15.4 Å². The fourth-order valence-corrected chi connectivity index (χ4v) is 5.07. The molecule has 6 nitrogen and oxygen atoms in total. The van der Waals surface area contributed by atoms with E-state index in [1.54, 1.807) is 6.92 Å². The van der Waals surface area contributed by atoms with Crippen molar-refractivity contribution in [1.82, 2.24) is 10.2 Å².